The number of halogens is 1. The van der Waals surface area contributed by atoms with Gasteiger partial charge >= 0.3 is 0 Å². The number of fused-ring (bicyclic) bond motifs is 1. The molecule has 4 rings (SSSR count). The highest BCUT2D eigenvalue weighted by Crippen LogP contribution is 2.33. The Morgan fingerprint density at radius 2 is 1.96 bits per heavy atom. The molecule has 0 unspecified atom stereocenters. The predicted octanol–water partition coefficient (Wildman–Crippen LogP) is 3.69. The van der Waals surface area contributed by atoms with Gasteiger partial charge in [0.05, 0.1) is 0 Å². The quantitative estimate of drug-likeness (QED) is 0.599. The monoisotopic (exact) mass is 381 g/mol. The molecule has 0 aromatic heterocycles. The molecule has 0 aliphatic carbocycles. The van der Waals surface area contributed by atoms with Crippen molar-refractivity contribution in [1.82, 2.24) is 4.90 Å². The number of ketones is 1. The lowest BCUT2D eigenvalue weighted by Crippen LogP contribution is -2.41. The third-order valence-electron chi connectivity index (χ3n) is 5.03. The summed E-state index contributed by atoms with van der Waals surface area (Å²) in [7, 11) is 0. The minimum absolute atomic E-state index is 0.00455. The number of hydrogen-bond donors (Lipinski definition) is 0. The molecular formula is C22H20FNO4. The third kappa shape index (κ3) is 3.91. The van der Waals surface area contributed by atoms with Crippen molar-refractivity contribution < 1.29 is 23.5 Å². The first-order valence-electron chi connectivity index (χ1n) is 9.26. The smallest absolute Gasteiger partial charge is 0.246 e. The fourth-order valence-corrected chi connectivity index (χ4v) is 3.56. The van der Waals surface area contributed by atoms with E-state index in [1.54, 1.807) is 41.3 Å². The molecule has 1 amide bonds. The summed E-state index contributed by atoms with van der Waals surface area (Å²) in [5.74, 6) is 0.451. The van der Waals surface area contributed by atoms with E-state index in [-0.39, 0.29) is 30.2 Å². The second-order valence-corrected chi connectivity index (χ2v) is 6.94. The van der Waals surface area contributed by atoms with Gasteiger partial charge in [0, 0.05) is 30.6 Å². The van der Waals surface area contributed by atoms with Crippen LogP contribution in [0, 0.1) is 11.7 Å². The molecule has 0 bridgehead atoms. The van der Waals surface area contributed by atoms with Crippen molar-refractivity contribution in [3.05, 3.63) is 65.5 Å². The fourth-order valence-electron chi connectivity index (χ4n) is 3.56. The van der Waals surface area contributed by atoms with E-state index in [4.69, 9.17) is 9.47 Å². The molecular weight excluding hydrogens is 361 g/mol. The molecule has 28 heavy (non-hydrogen) atoms. The van der Waals surface area contributed by atoms with Gasteiger partial charge in [-0.3, -0.25) is 9.59 Å². The molecule has 6 heteroatoms. The van der Waals surface area contributed by atoms with Crippen LogP contribution in [0.5, 0.6) is 11.5 Å². The summed E-state index contributed by atoms with van der Waals surface area (Å²) in [5.41, 5.74) is 1.19. The fraction of sp³-hybridized carbons (Fsp3) is 0.273. The highest BCUT2D eigenvalue weighted by Gasteiger charge is 2.29. The van der Waals surface area contributed by atoms with Gasteiger partial charge in [-0.15, -0.1) is 0 Å². The number of carbonyl (C=O) groups excluding carboxylic acids is 2. The number of Topliss-reactive ketones (excluding diaryl/α,β-unsaturated/α-hetero) is 1. The van der Waals surface area contributed by atoms with Crippen molar-refractivity contribution >= 4 is 17.8 Å². The number of benzene rings is 2. The zero-order valence-electron chi connectivity index (χ0n) is 15.3. The Morgan fingerprint density at radius 3 is 2.82 bits per heavy atom. The lowest BCUT2D eigenvalue weighted by Gasteiger charge is -2.31. The largest absolute Gasteiger partial charge is 0.454 e. The Bertz CT molecular complexity index is 940. The van der Waals surface area contributed by atoms with Gasteiger partial charge < -0.3 is 14.4 Å². The molecule has 2 aliphatic rings. The lowest BCUT2D eigenvalue weighted by atomic mass is 9.89. The first-order valence-corrected chi connectivity index (χ1v) is 9.26. The Labute approximate surface area is 162 Å². The van der Waals surface area contributed by atoms with Crippen LogP contribution < -0.4 is 9.47 Å². The second-order valence-electron chi connectivity index (χ2n) is 6.94. The summed E-state index contributed by atoms with van der Waals surface area (Å²) in [6.45, 7) is 1.15. The van der Waals surface area contributed by atoms with Crippen molar-refractivity contribution in [3.8, 4) is 11.5 Å². The Hall–Kier alpha value is -3.15. The van der Waals surface area contributed by atoms with Crippen LogP contribution in [-0.2, 0) is 4.79 Å². The van der Waals surface area contributed by atoms with Crippen molar-refractivity contribution in [1.29, 1.82) is 0 Å². The lowest BCUT2D eigenvalue weighted by molar-refractivity contribution is -0.127. The zero-order valence-corrected chi connectivity index (χ0v) is 15.3. The molecule has 1 atom stereocenters. The van der Waals surface area contributed by atoms with E-state index in [0.29, 0.717) is 35.7 Å². The standard InChI is InChI=1S/C22H20FNO4/c23-18-5-1-3-15(11-18)6-9-21(25)24-10-2-4-17(13-24)22(26)16-7-8-19-20(12-16)28-14-27-19/h1,3,5-9,11-12,17H,2,4,10,13-14H2/b9-6+/t17-/m0/s1. The van der Waals surface area contributed by atoms with E-state index in [9.17, 15) is 14.0 Å². The predicted molar refractivity (Wildman–Crippen MR) is 102 cm³/mol. The molecule has 0 radical (unpaired) electrons. The molecule has 1 saturated heterocycles. The highest BCUT2D eigenvalue weighted by atomic mass is 19.1. The van der Waals surface area contributed by atoms with Crippen molar-refractivity contribution in [3.63, 3.8) is 0 Å². The molecule has 2 aromatic carbocycles. The highest BCUT2D eigenvalue weighted by molar-refractivity contribution is 5.99. The van der Waals surface area contributed by atoms with Crippen molar-refractivity contribution in [2.24, 2.45) is 5.92 Å². The van der Waals surface area contributed by atoms with Crippen molar-refractivity contribution in [2.75, 3.05) is 19.9 Å². The van der Waals surface area contributed by atoms with Crippen LogP contribution >= 0.6 is 0 Å². The molecule has 0 N–H and O–H groups in total. The number of piperidine rings is 1. The van der Waals surface area contributed by atoms with Crippen LogP contribution in [0.3, 0.4) is 0 Å². The summed E-state index contributed by atoms with van der Waals surface area (Å²) >= 11 is 0. The molecule has 2 aromatic rings. The summed E-state index contributed by atoms with van der Waals surface area (Å²) in [5, 5.41) is 0. The number of hydrogen-bond acceptors (Lipinski definition) is 4. The van der Waals surface area contributed by atoms with E-state index in [0.717, 1.165) is 12.8 Å². The summed E-state index contributed by atoms with van der Waals surface area (Å²) in [6, 6.07) is 11.2. The van der Waals surface area contributed by atoms with Gasteiger partial charge in [0.1, 0.15) is 5.82 Å². The van der Waals surface area contributed by atoms with Gasteiger partial charge in [0.15, 0.2) is 17.3 Å². The van der Waals surface area contributed by atoms with Crippen LogP contribution in [0.25, 0.3) is 6.08 Å². The number of amides is 1. The van der Waals surface area contributed by atoms with E-state index >= 15 is 0 Å². The van der Waals surface area contributed by atoms with Gasteiger partial charge in [-0.25, -0.2) is 4.39 Å². The Morgan fingerprint density at radius 1 is 1.11 bits per heavy atom. The van der Waals surface area contributed by atoms with Crippen molar-refractivity contribution in [2.45, 2.75) is 12.8 Å². The molecule has 2 aliphatic heterocycles. The normalized spacial score (nSPS) is 18.5. The maximum atomic E-state index is 13.2. The average molecular weight is 381 g/mol. The summed E-state index contributed by atoms with van der Waals surface area (Å²) < 4.78 is 23.9. The van der Waals surface area contributed by atoms with Crippen LogP contribution in [-0.4, -0.2) is 36.5 Å². The zero-order chi connectivity index (χ0) is 19.5. The van der Waals surface area contributed by atoms with E-state index in [2.05, 4.69) is 0 Å². The van der Waals surface area contributed by atoms with Crippen LogP contribution in [0.1, 0.15) is 28.8 Å². The number of carbonyl (C=O) groups is 2. The van der Waals surface area contributed by atoms with E-state index in [1.165, 1.54) is 18.2 Å². The number of ether oxygens (including phenoxy) is 2. The van der Waals surface area contributed by atoms with Crippen LogP contribution in [0.4, 0.5) is 4.39 Å². The molecule has 0 saturated carbocycles. The minimum atomic E-state index is -0.345. The average Bonchev–Trinajstić information content (AvgIpc) is 3.19. The summed E-state index contributed by atoms with van der Waals surface area (Å²) in [6.07, 6.45) is 4.53. The molecule has 1 fully saturated rings. The van der Waals surface area contributed by atoms with E-state index < -0.39 is 0 Å². The first-order chi connectivity index (χ1) is 13.6. The van der Waals surface area contributed by atoms with Gasteiger partial charge in [-0.2, -0.15) is 0 Å². The maximum Gasteiger partial charge on any atom is 0.246 e. The SMILES string of the molecule is O=C(c1ccc2c(c1)OCO2)[C@H]1CCCN(C(=O)/C=C/c2cccc(F)c2)C1. The molecule has 144 valence electrons. The Kier molecular flexibility index (Phi) is 5.10. The van der Waals surface area contributed by atoms with Gasteiger partial charge in [-0.05, 0) is 54.8 Å². The molecule has 2 heterocycles. The summed E-state index contributed by atoms with van der Waals surface area (Å²) in [4.78, 5) is 27.1. The molecule has 0 spiro atoms. The third-order valence-corrected chi connectivity index (χ3v) is 5.03. The van der Waals surface area contributed by atoms with Crippen LogP contribution in [0.15, 0.2) is 48.5 Å². The van der Waals surface area contributed by atoms with Gasteiger partial charge in [-0.1, -0.05) is 12.1 Å². The van der Waals surface area contributed by atoms with Gasteiger partial charge in [0.2, 0.25) is 12.7 Å². The minimum Gasteiger partial charge on any atom is -0.454 e. The second kappa shape index (κ2) is 7.84. The van der Waals surface area contributed by atoms with E-state index in [1.807, 2.05) is 0 Å². The topological polar surface area (TPSA) is 55.8 Å². The number of nitrogens with zero attached hydrogens (tertiary/aromatic N) is 1. The Balaban J connectivity index is 1.42. The number of likely N-dealkylation sites (tertiary alicyclic amines) is 1. The molecule has 5 nitrogen and oxygen atoms in total. The van der Waals surface area contributed by atoms with Gasteiger partial charge in [0.25, 0.3) is 0 Å². The number of rotatable bonds is 4. The maximum absolute atomic E-state index is 13.2. The first kappa shape index (κ1) is 18.2. The van der Waals surface area contributed by atoms with Crippen LogP contribution in [0.2, 0.25) is 0 Å².